The molecule has 1 unspecified atom stereocenters. The van der Waals surface area contributed by atoms with E-state index in [1.807, 2.05) is 12.1 Å². The van der Waals surface area contributed by atoms with Crippen LogP contribution in [0.2, 0.25) is 5.02 Å². The third-order valence-corrected chi connectivity index (χ3v) is 7.09. The van der Waals surface area contributed by atoms with E-state index in [0.717, 1.165) is 35.5 Å². The molecule has 29 heavy (non-hydrogen) atoms. The molecule has 2 heterocycles. The molecule has 7 heteroatoms. The van der Waals surface area contributed by atoms with Crippen LogP contribution < -0.4 is 5.73 Å². The zero-order valence-corrected chi connectivity index (χ0v) is 19.4. The lowest BCUT2D eigenvalue weighted by atomic mass is 9.96. The predicted molar refractivity (Wildman–Crippen MR) is 122 cm³/mol. The van der Waals surface area contributed by atoms with Crippen molar-refractivity contribution >= 4 is 47.0 Å². The van der Waals surface area contributed by atoms with Gasteiger partial charge in [-0.2, -0.15) is 0 Å². The van der Waals surface area contributed by atoms with Crippen molar-refractivity contribution in [1.29, 1.82) is 0 Å². The van der Waals surface area contributed by atoms with E-state index in [2.05, 4.69) is 25.7 Å². The first kappa shape index (κ1) is 23.9. The average Bonchev–Trinajstić information content (AvgIpc) is 2.99. The van der Waals surface area contributed by atoms with Gasteiger partial charge in [0.15, 0.2) is 0 Å². The first-order valence-corrected chi connectivity index (χ1v) is 10.9. The largest absolute Gasteiger partial charge is 0.366 e. The Balaban J connectivity index is 0.00000300. The number of thiophene rings is 1. The molecular weight excluding hydrogens is 427 g/mol. The molecule has 0 bridgehead atoms. The van der Waals surface area contributed by atoms with Crippen molar-refractivity contribution in [2.45, 2.75) is 52.6 Å². The zero-order chi connectivity index (χ0) is 20.4. The lowest BCUT2D eigenvalue weighted by Gasteiger charge is -2.34. The molecule has 1 aromatic carbocycles. The summed E-state index contributed by atoms with van der Waals surface area (Å²) in [5, 5.41) is 0.651. The maximum atomic E-state index is 12.6. The van der Waals surface area contributed by atoms with Crippen molar-refractivity contribution in [3.63, 3.8) is 0 Å². The number of carbonyl (C=O) groups is 2. The quantitative estimate of drug-likeness (QED) is 0.660. The number of nitrogens with zero attached hydrogens (tertiary/aromatic N) is 1. The molecule has 1 amide bonds. The van der Waals surface area contributed by atoms with Crippen molar-refractivity contribution in [2.75, 3.05) is 6.54 Å². The number of amides is 1. The number of primary amides is 1. The molecule has 2 aromatic rings. The van der Waals surface area contributed by atoms with E-state index >= 15 is 0 Å². The smallest absolute Gasteiger partial charge is 0.250 e. The number of rotatable bonds is 7. The van der Waals surface area contributed by atoms with Crippen LogP contribution in [0.4, 0.5) is 0 Å². The molecule has 0 aliphatic carbocycles. The summed E-state index contributed by atoms with van der Waals surface area (Å²) in [6.07, 6.45) is 1.39. The Morgan fingerprint density at radius 1 is 1.17 bits per heavy atom. The van der Waals surface area contributed by atoms with Gasteiger partial charge in [0.25, 0.3) is 0 Å². The van der Waals surface area contributed by atoms with Crippen molar-refractivity contribution in [2.24, 2.45) is 11.7 Å². The second-order valence-electron chi connectivity index (χ2n) is 7.89. The Labute approximate surface area is 187 Å². The lowest BCUT2D eigenvalue weighted by Crippen LogP contribution is -2.40. The maximum absolute atomic E-state index is 12.6. The number of hydrogen-bond acceptors (Lipinski definition) is 4. The van der Waals surface area contributed by atoms with Gasteiger partial charge >= 0.3 is 0 Å². The number of nitrogens with two attached hydrogens (primary N) is 1. The molecule has 1 aliphatic rings. The Morgan fingerprint density at radius 2 is 1.83 bits per heavy atom. The molecule has 4 nitrogen and oxygen atoms in total. The molecule has 158 valence electrons. The highest BCUT2D eigenvalue weighted by molar-refractivity contribution is 7.12. The highest BCUT2D eigenvalue weighted by atomic mass is 35.5. The van der Waals surface area contributed by atoms with E-state index in [1.165, 1.54) is 4.88 Å². The van der Waals surface area contributed by atoms with Gasteiger partial charge in [-0.05, 0) is 42.5 Å². The minimum absolute atomic E-state index is 0. The maximum Gasteiger partial charge on any atom is 0.250 e. The predicted octanol–water partition coefficient (Wildman–Crippen LogP) is 4.68. The van der Waals surface area contributed by atoms with Gasteiger partial charge in [0, 0.05) is 46.7 Å². The summed E-state index contributed by atoms with van der Waals surface area (Å²) >= 11 is 7.49. The Morgan fingerprint density at radius 3 is 2.41 bits per heavy atom. The van der Waals surface area contributed by atoms with E-state index < -0.39 is 5.91 Å². The summed E-state index contributed by atoms with van der Waals surface area (Å²) in [5.74, 6) is 0.227. The number of hydrogen-bond donors (Lipinski definition) is 1. The van der Waals surface area contributed by atoms with Crippen molar-refractivity contribution < 1.29 is 9.59 Å². The van der Waals surface area contributed by atoms with Crippen molar-refractivity contribution in [3.8, 4) is 0 Å². The molecular formula is C22H28Cl2N2O2S. The SMILES string of the molecule is CC(C)C(C)N1CCc2c(sc(CC(=O)Cc3ccc(Cl)cc3)c2C(N)=O)C1.Cl. The molecule has 0 radical (unpaired) electrons. The van der Waals surface area contributed by atoms with Gasteiger partial charge in [0.05, 0.1) is 5.56 Å². The zero-order valence-electron chi connectivity index (χ0n) is 17.0. The first-order chi connectivity index (χ1) is 13.3. The van der Waals surface area contributed by atoms with Crippen molar-refractivity contribution in [1.82, 2.24) is 4.90 Å². The monoisotopic (exact) mass is 454 g/mol. The van der Waals surface area contributed by atoms with Crippen molar-refractivity contribution in [3.05, 3.63) is 55.7 Å². The number of halogens is 2. The summed E-state index contributed by atoms with van der Waals surface area (Å²) in [7, 11) is 0. The van der Waals surface area contributed by atoms with E-state index in [-0.39, 0.29) is 24.6 Å². The summed E-state index contributed by atoms with van der Waals surface area (Å²) in [6.45, 7) is 8.44. The van der Waals surface area contributed by atoms with Gasteiger partial charge in [-0.3, -0.25) is 14.5 Å². The minimum Gasteiger partial charge on any atom is -0.366 e. The number of Topliss-reactive ketones (excluding diaryl/α,β-unsaturated/α-hetero) is 1. The molecule has 3 rings (SSSR count). The molecule has 2 N–H and O–H groups in total. The van der Waals surface area contributed by atoms with Gasteiger partial charge < -0.3 is 5.73 Å². The molecule has 1 atom stereocenters. The number of benzene rings is 1. The van der Waals surface area contributed by atoms with Crippen LogP contribution in [-0.2, 0) is 30.6 Å². The third kappa shape index (κ3) is 5.60. The Bertz CT molecular complexity index is 878. The summed E-state index contributed by atoms with van der Waals surface area (Å²) in [5.41, 5.74) is 8.26. The second kappa shape index (κ2) is 10.1. The van der Waals surface area contributed by atoms with Crippen LogP contribution >= 0.6 is 35.3 Å². The molecule has 0 saturated heterocycles. The highest BCUT2D eigenvalue weighted by Gasteiger charge is 2.29. The van der Waals surface area contributed by atoms with Crippen LogP contribution in [-0.4, -0.2) is 29.2 Å². The van der Waals surface area contributed by atoms with Crippen LogP contribution in [0.3, 0.4) is 0 Å². The van der Waals surface area contributed by atoms with Crippen LogP contribution in [0.1, 0.15) is 52.0 Å². The lowest BCUT2D eigenvalue weighted by molar-refractivity contribution is -0.117. The van der Waals surface area contributed by atoms with Crippen LogP contribution in [0, 0.1) is 5.92 Å². The Kier molecular flexibility index (Phi) is 8.29. The van der Waals surface area contributed by atoms with Crippen LogP contribution in [0.25, 0.3) is 0 Å². The molecule has 0 fully saturated rings. The van der Waals surface area contributed by atoms with E-state index in [0.29, 0.717) is 29.0 Å². The fraction of sp³-hybridized carbons (Fsp3) is 0.455. The molecule has 0 saturated carbocycles. The molecule has 0 spiro atoms. The average molecular weight is 455 g/mol. The van der Waals surface area contributed by atoms with Gasteiger partial charge in [-0.1, -0.05) is 37.6 Å². The highest BCUT2D eigenvalue weighted by Crippen LogP contribution is 2.35. The fourth-order valence-corrected chi connectivity index (χ4v) is 5.27. The van der Waals surface area contributed by atoms with E-state index in [9.17, 15) is 9.59 Å². The van der Waals surface area contributed by atoms with E-state index in [4.69, 9.17) is 17.3 Å². The third-order valence-electron chi connectivity index (χ3n) is 5.62. The number of fused-ring (bicyclic) bond motifs is 1. The molecule has 1 aliphatic heterocycles. The fourth-order valence-electron chi connectivity index (χ4n) is 3.73. The normalized spacial score (nSPS) is 14.9. The summed E-state index contributed by atoms with van der Waals surface area (Å²) in [4.78, 5) is 29.2. The van der Waals surface area contributed by atoms with E-state index in [1.54, 1.807) is 23.5 Å². The first-order valence-electron chi connectivity index (χ1n) is 9.69. The van der Waals surface area contributed by atoms with Crippen LogP contribution in [0.15, 0.2) is 24.3 Å². The summed E-state index contributed by atoms with van der Waals surface area (Å²) < 4.78 is 0. The summed E-state index contributed by atoms with van der Waals surface area (Å²) in [6, 6.07) is 7.77. The van der Waals surface area contributed by atoms with Crippen LogP contribution in [0.5, 0.6) is 0 Å². The Hall–Kier alpha value is -1.40. The minimum atomic E-state index is -0.419. The topological polar surface area (TPSA) is 63.4 Å². The number of carbonyl (C=O) groups excluding carboxylic acids is 2. The van der Waals surface area contributed by atoms with Gasteiger partial charge in [0.2, 0.25) is 5.91 Å². The standard InChI is InChI=1S/C22H27ClN2O2S.ClH/c1-13(2)14(3)25-9-8-18-20(12-25)28-19(21(18)22(24)27)11-17(26)10-15-4-6-16(23)7-5-15;/h4-7,13-14H,8-12H2,1-3H3,(H2,24,27);1H. The van der Waals surface area contributed by atoms with Gasteiger partial charge in [-0.25, -0.2) is 0 Å². The van der Waals surface area contributed by atoms with Gasteiger partial charge in [0.1, 0.15) is 5.78 Å². The molecule has 1 aromatic heterocycles. The number of ketones is 1. The van der Waals surface area contributed by atoms with Gasteiger partial charge in [-0.15, -0.1) is 23.7 Å². The second-order valence-corrected chi connectivity index (χ2v) is 9.52.